The van der Waals surface area contributed by atoms with Gasteiger partial charge in [-0.1, -0.05) is 43.7 Å². The number of fused-ring (bicyclic) bond motifs is 1. The van der Waals surface area contributed by atoms with Gasteiger partial charge in [0.05, 0.1) is 12.6 Å². The number of hydrogen-bond acceptors (Lipinski definition) is 6. The number of phenolic OH excluding ortho intramolecular Hbond substituents is 1. The highest BCUT2D eigenvalue weighted by Crippen LogP contribution is 2.32. The number of aliphatic imine (C=N–C) groups is 1. The lowest BCUT2D eigenvalue weighted by molar-refractivity contribution is -0.113. The first-order valence-corrected chi connectivity index (χ1v) is 13.5. The zero-order chi connectivity index (χ0) is 28.5. The van der Waals surface area contributed by atoms with E-state index in [-0.39, 0.29) is 17.5 Å². The summed E-state index contributed by atoms with van der Waals surface area (Å²) in [6.45, 7) is 4.14. The molecule has 0 fully saturated rings. The monoisotopic (exact) mass is 553 g/mol. The lowest BCUT2D eigenvalue weighted by Gasteiger charge is -2.14. The molecule has 4 rings (SSSR count). The van der Waals surface area contributed by atoms with Crippen molar-refractivity contribution in [3.8, 4) is 11.5 Å². The van der Waals surface area contributed by atoms with E-state index in [2.05, 4.69) is 29.1 Å². The van der Waals surface area contributed by atoms with Gasteiger partial charge in [0.15, 0.2) is 5.78 Å². The second kappa shape index (κ2) is 13.6. The van der Waals surface area contributed by atoms with E-state index in [9.17, 15) is 9.90 Å². The van der Waals surface area contributed by atoms with Crippen molar-refractivity contribution in [3.05, 3.63) is 113 Å². The number of methoxy groups -OCH3 is 1. The van der Waals surface area contributed by atoms with E-state index >= 15 is 0 Å². The smallest absolute Gasteiger partial charge is 0.160 e. The van der Waals surface area contributed by atoms with Gasteiger partial charge in [-0.05, 0) is 83.6 Å². The van der Waals surface area contributed by atoms with Crippen LogP contribution in [0.3, 0.4) is 0 Å². The normalized spacial score (nSPS) is 12.5. The van der Waals surface area contributed by atoms with E-state index < -0.39 is 0 Å². The Kier molecular flexibility index (Phi) is 9.71. The van der Waals surface area contributed by atoms with Crippen LogP contribution in [0.4, 0.5) is 5.69 Å². The predicted molar refractivity (Wildman–Crippen MR) is 165 cm³/mol. The molecule has 0 bridgehead atoms. The molecule has 40 heavy (non-hydrogen) atoms. The second-order valence-corrected chi connectivity index (χ2v) is 9.88. The molecule has 0 saturated carbocycles. The SMILES string of the molecule is CCC(C)c1cc(/C=C/C(=O)Cc2ccc(OC)cc2)cc(C=N/C=C/Nc2ccnc3cc(Cl)ccc23)c1O. The van der Waals surface area contributed by atoms with E-state index in [0.29, 0.717) is 17.0 Å². The van der Waals surface area contributed by atoms with Gasteiger partial charge < -0.3 is 15.2 Å². The predicted octanol–water partition coefficient (Wildman–Crippen LogP) is 7.94. The van der Waals surface area contributed by atoms with Gasteiger partial charge in [-0.3, -0.25) is 14.8 Å². The maximum Gasteiger partial charge on any atom is 0.160 e. The number of aromatic nitrogens is 1. The number of ether oxygens (including phenoxy) is 1. The van der Waals surface area contributed by atoms with Gasteiger partial charge in [0.1, 0.15) is 11.5 Å². The van der Waals surface area contributed by atoms with Crippen LogP contribution in [0.25, 0.3) is 17.0 Å². The molecule has 0 aliphatic rings. The lowest BCUT2D eigenvalue weighted by atomic mass is 9.93. The molecule has 1 heterocycles. The molecule has 204 valence electrons. The zero-order valence-corrected chi connectivity index (χ0v) is 23.5. The largest absolute Gasteiger partial charge is 0.507 e. The molecule has 3 aromatic carbocycles. The Morgan fingerprint density at radius 2 is 1.95 bits per heavy atom. The van der Waals surface area contributed by atoms with E-state index in [1.54, 1.807) is 44.1 Å². The number of anilines is 1. The fourth-order valence-corrected chi connectivity index (χ4v) is 4.39. The summed E-state index contributed by atoms with van der Waals surface area (Å²) in [6, 6.07) is 18.6. The van der Waals surface area contributed by atoms with Crippen molar-refractivity contribution in [3.63, 3.8) is 0 Å². The van der Waals surface area contributed by atoms with Crippen molar-refractivity contribution in [2.45, 2.75) is 32.6 Å². The number of phenols is 1. The fraction of sp³-hybridized carbons (Fsp3) is 0.182. The molecule has 7 heteroatoms. The summed E-state index contributed by atoms with van der Waals surface area (Å²) >= 11 is 6.08. The van der Waals surface area contributed by atoms with Crippen LogP contribution in [0.2, 0.25) is 5.02 Å². The molecular weight excluding hydrogens is 522 g/mol. The van der Waals surface area contributed by atoms with Gasteiger partial charge >= 0.3 is 0 Å². The number of hydrogen-bond donors (Lipinski definition) is 2. The molecule has 0 radical (unpaired) electrons. The van der Waals surface area contributed by atoms with Gasteiger partial charge in [0, 0.05) is 52.9 Å². The van der Waals surface area contributed by atoms with Crippen LogP contribution in [0.5, 0.6) is 11.5 Å². The van der Waals surface area contributed by atoms with Gasteiger partial charge in [-0.25, -0.2) is 0 Å². The van der Waals surface area contributed by atoms with E-state index in [0.717, 1.165) is 45.5 Å². The Hall–Kier alpha value is -4.42. The minimum Gasteiger partial charge on any atom is -0.507 e. The van der Waals surface area contributed by atoms with Crippen molar-refractivity contribution >= 4 is 46.3 Å². The molecule has 2 N–H and O–H groups in total. The number of nitrogens with zero attached hydrogens (tertiary/aromatic N) is 2. The highest BCUT2D eigenvalue weighted by atomic mass is 35.5. The first-order chi connectivity index (χ1) is 19.4. The Balaban J connectivity index is 1.49. The molecule has 0 aliphatic heterocycles. The quantitative estimate of drug-likeness (QED) is 0.145. The lowest BCUT2D eigenvalue weighted by Crippen LogP contribution is -1.99. The number of allylic oxidation sites excluding steroid dienone is 1. The van der Waals surface area contributed by atoms with Gasteiger partial charge in [-0.15, -0.1) is 0 Å². The van der Waals surface area contributed by atoms with E-state index in [4.69, 9.17) is 16.3 Å². The van der Waals surface area contributed by atoms with Crippen LogP contribution in [0.1, 0.15) is 48.4 Å². The molecule has 6 nitrogen and oxygen atoms in total. The van der Waals surface area contributed by atoms with Crippen molar-refractivity contribution in [1.82, 2.24) is 4.98 Å². The van der Waals surface area contributed by atoms with Crippen LogP contribution < -0.4 is 10.1 Å². The Bertz CT molecular complexity index is 1580. The third-order valence-electron chi connectivity index (χ3n) is 6.65. The molecule has 1 aromatic heterocycles. The summed E-state index contributed by atoms with van der Waals surface area (Å²) in [5.74, 6) is 1.07. The van der Waals surface area contributed by atoms with E-state index in [1.807, 2.05) is 60.7 Å². The topological polar surface area (TPSA) is 83.8 Å². The van der Waals surface area contributed by atoms with Gasteiger partial charge in [0.2, 0.25) is 0 Å². The number of halogens is 1. The Morgan fingerprint density at radius 1 is 1.15 bits per heavy atom. The van der Waals surface area contributed by atoms with Crippen LogP contribution in [0.15, 0.2) is 90.3 Å². The number of aromatic hydroxyl groups is 1. The van der Waals surface area contributed by atoms with Gasteiger partial charge in [-0.2, -0.15) is 0 Å². The molecular formula is C33H32ClN3O3. The highest BCUT2D eigenvalue weighted by molar-refractivity contribution is 6.31. The van der Waals surface area contributed by atoms with Crippen LogP contribution >= 0.6 is 11.6 Å². The van der Waals surface area contributed by atoms with Crippen molar-refractivity contribution in [2.75, 3.05) is 12.4 Å². The molecule has 0 amide bonds. The Labute approximate surface area is 239 Å². The van der Waals surface area contributed by atoms with Crippen LogP contribution in [-0.2, 0) is 11.2 Å². The molecule has 0 spiro atoms. The second-order valence-electron chi connectivity index (χ2n) is 9.44. The summed E-state index contributed by atoms with van der Waals surface area (Å²) in [7, 11) is 1.61. The molecule has 4 aromatic rings. The maximum atomic E-state index is 12.6. The van der Waals surface area contributed by atoms with Crippen LogP contribution in [-0.4, -0.2) is 29.2 Å². The third kappa shape index (κ3) is 7.36. The molecule has 1 unspecified atom stereocenters. The number of ketones is 1. The maximum absolute atomic E-state index is 12.6. The minimum atomic E-state index is -0.0153. The first-order valence-electron chi connectivity index (χ1n) is 13.1. The first kappa shape index (κ1) is 28.6. The summed E-state index contributed by atoms with van der Waals surface area (Å²) in [5, 5.41) is 15.8. The van der Waals surface area contributed by atoms with Crippen molar-refractivity contribution < 1.29 is 14.6 Å². The fourth-order valence-electron chi connectivity index (χ4n) is 4.23. The van der Waals surface area contributed by atoms with E-state index in [1.165, 1.54) is 0 Å². The number of rotatable bonds is 11. The molecule has 1 atom stereocenters. The summed E-state index contributed by atoms with van der Waals surface area (Å²) < 4.78 is 5.18. The number of pyridine rings is 1. The molecule has 0 saturated heterocycles. The zero-order valence-electron chi connectivity index (χ0n) is 22.8. The standard InChI is InChI=1S/C33H32ClN3O3/c1-4-22(2)30-19-24(5-9-27(38)18-23-6-10-28(40-3)11-7-23)17-25(33(30)39)21-35-15-16-37-31-13-14-36-32-20-26(34)8-12-29(31)32/h5-17,19-22,39H,4,18H2,1-3H3,(H,36,37)/b9-5+,16-15+,35-21?. The minimum absolute atomic E-state index is 0.0153. The number of nitrogens with one attached hydrogen (secondary N) is 1. The summed E-state index contributed by atoms with van der Waals surface area (Å²) in [6.07, 6.45) is 11.2. The van der Waals surface area contributed by atoms with Crippen molar-refractivity contribution in [2.24, 2.45) is 4.99 Å². The summed E-state index contributed by atoms with van der Waals surface area (Å²) in [5.41, 5.74) is 4.80. The van der Waals surface area contributed by atoms with Crippen molar-refractivity contribution in [1.29, 1.82) is 0 Å². The average molecular weight is 554 g/mol. The van der Waals surface area contributed by atoms with Crippen LogP contribution in [0, 0.1) is 0 Å². The number of carbonyl (C=O) groups excluding carboxylic acids is 1. The molecule has 0 aliphatic carbocycles. The Morgan fingerprint density at radius 3 is 2.70 bits per heavy atom. The summed E-state index contributed by atoms with van der Waals surface area (Å²) in [4.78, 5) is 21.3. The van der Waals surface area contributed by atoms with Gasteiger partial charge in [0.25, 0.3) is 0 Å². The number of benzene rings is 3. The number of carbonyl (C=O) groups is 1. The average Bonchev–Trinajstić information content (AvgIpc) is 2.96. The third-order valence-corrected chi connectivity index (χ3v) is 6.89. The highest BCUT2D eigenvalue weighted by Gasteiger charge is 2.13.